The summed E-state index contributed by atoms with van der Waals surface area (Å²) in [5.41, 5.74) is 15.6. The number of hydrogen-bond donors (Lipinski definition) is 6. The zero-order valence-electron chi connectivity index (χ0n) is 34.4. The second-order valence-electron chi connectivity index (χ2n) is 13.0. The van der Waals surface area contributed by atoms with Crippen molar-refractivity contribution in [1.82, 2.24) is 15.0 Å². The molecule has 0 unspecified atom stereocenters. The van der Waals surface area contributed by atoms with Crippen molar-refractivity contribution in [3.8, 4) is 6.07 Å². The molecule has 8 N–H and O–H groups in total. The maximum atomic E-state index is 11.8. The zero-order chi connectivity index (χ0) is 43.6. The van der Waals surface area contributed by atoms with Gasteiger partial charge in [0.05, 0.1) is 6.42 Å². The number of aryl methyl sites for hydroxylation is 6. The molecule has 3 heterocycles. The monoisotopic (exact) mass is 835 g/mol. The van der Waals surface area contributed by atoms with E-state index in [1.807, 2.05) is 66.7 Å². The first-order valence-corrected chi connectivity index (χ1v) is 16.8. The SMILES string of the molecule is C.C.CC(=O)CC(C)=O.CO.Cc1cc(C)c(C#N)c(=O)[nH]1.Cc1cc(C)c(CCC(=O)OC(C)(C)C)c(=O)[nH]1.Cc1cc(C)c(CN)c(=O)[nH]1.Cl.[C-]#[N+]CC(N)=O. The lowest BCUT2D eigenvalue weighted by molar-refractivity contribution is -0.154. The van der Waals surface area contributed by atoms with Crippen LogP contribution >= 0.6 is 12.4 Å². The highest BCUT2D eigenvalue weighted by molar-refractivity contribution is 5.96. The number of pyridine rings is 3. The number of nitrogens with zero attached hydrogens (tertiary/aromatic N) is 2. The van der Waals surface area contributed by atoms with Crippen LogP contribution in [0.1, 0.15) is 113 Å². The van der Waals surface area contributed by atoms with Crippen LogP contribution < -0.4 is 28.1 Å². The summed E-state index contributed by atoms with van der Waals surface area (Å²) in [6, 6.07) is 7.45. The van der Waals surface area contributed by atoms with Gasteiger partial charge in [-0.3, -0.25) is 33.6 Å². The second-order valence-corrected chi connectivity index (χ2v) is 13.0. The molecule has 0 aliphatic carbocycles. The van der Waals surface area contributed by atoms with E-state index < -0.39 is 11.5 Å². The Kier molecular flexibility index (Phi) is 37.1. The fourth-order valence-corrected chi connectivity index (χ4v) is 4.37. The average molecular weight is 836 g/mol. The summed E-state index contributed by atoms with van der Waals surface area (Å²) in [7, 11) is 1.00. The number of nitrogens with two attached hydrogens (primary N) is 2. The predicted molar refractivity (Wildman–Crippen MR) is 232 cm³/mol. The number of Topliss-reactive ketones (excluding diaryl/α,β-unsaturated/α-hetero) is 2. The van der Waals surface area contributed by atoms with Crippen LogP contribution in [0.15, 0.2) is 32.6 Å². The summed E-state index contributed by atoms with van der Waals surface area (Å²) in [6.45, 7) is 25.5. The lowest BCUT2D eigenvalue weighted by atomic mass is 10.1. The molecule has 0 atom stereocenters. The van der Waals surface area contributed by atoms with Gasteiger partial charge in [0.25, 0.3) is 29.1 Å². The minimum atomic E-state index is -0.565. The van der Waals surface area contributed by atoms with Crippen LogP contribution in [0.2, 0.25) is 0 Å². The summed E-state index contributed by atoms with van der Waals surface area (Å²) >= 11 is 0. The van der Waals surface area contributed by atoms with Gasteiger partial charge in [-0.1, -0.05) is 14.9 Å². The number of esters is 1. The third-order valence-electron chi connectivity index (χ3n) is 6.40. The van der Waals surface area contributed by atoms with E-state index in [0.29, 0.717) is 24.1 Å². The Labute approximate surface area is 349 Å². The molecule has 3 rings (SSSR count). The van der Waals surface area contributed by atoms with Crippen LogP contribution in [0.3, 0.4) is 0 Å². The lowest BCUT2D eigenvalue weighted by Crippen LogP contribution is -2.25. The van der Waals surface area contributed by atoms with Crippen LogP contribution in [-0.4, -0.2) is 62.8 Å². The van der Waals surface area contributed by atoms with Crippen molar-refractivity contribution in [2.75, 3.05) is 13.7 Å². The normalized spacial score (nSPS) is 8.97. The molecule has 1 amide bonds. The number of H-pyrrole nitrogens is 3. The quantitative estimate of drug-likeness (QED) is 0.107. The number of carbonyl (C=O) groups is 4. The minimum Gasteiger partial charge on any atom is -0.460 e. The van der Waals surface area contributed by atoms with Crippen LogP contribution in [0.25, 0.3) is 4.85 Å². The standard InChI is InChI=1S/C14H21NO3.C8H12N2O.C8H8N2O.C5H8O2.C3H4N2O.CH4O.2CH4.ClH/c1-9-8-10(2)15-13(17)11(9)6-7-12(16)18-14(3,4)5;2*1-5-3-6(2)10-8(11)7(5)4-9;1-4(6)3-5(2)7;1-5-2-3(4)6;1-2;;;/h8H,6-7H2,1-5H3,(H,15,17);3H,4,9H2,1-2H3,(H,10,11);3H,1-2H3,(H,10,11);3H2,1-2H3;2H2,(H2,4,6);2H,1H3;2*1H4;1H. The molecule has 0 spiro atoms. The third-order valence-corrected chi connectivity index (χ3v) is 6.40. The van der Waals surface area contributed by atoms with Crippen molar-refractivity contribution in [2.24, 2.45) is 11.5 Å². The van der Waals surface area contributed by atoms with Crippen molar-refractivity contribution in [3.05, 3.63) is 111 Å². The highest BCUT2D eigenvalue weighted by Gasteiger charge is 2.17. The third kappa shape index (κ3) is 30.5. The van der Waals surface area contributed by atoms with Gasteiger partial charge in [0.2, 0.25) is 0 Å². The Morgan fingerprint density at radius 3 is 1.43 bits per heavy atom. The van der Waals surface area contributed by atoms with Gasteiger partial charge in [0.1, 0.15) is 28.8 Å². The van der Waals surface area contributed by atoms with E-state index in [4.69, 9.17) is 27.4 Å². The Hall–Kier alpha value is -5.68. The molecule has 0 fully saturated rings. The van der Waals surface area contributed by atoms with Crippen molar-refractivity contribution in [2.45, 2.75) is 122 Å². The van der Waals surface area contributed by atoms with Crippen molar-refractivity contribution < 1.29 is 29.0 Å². The topological polar surface area (TPSA) is 277 Å². The van der Waals surface area contributed by atoms with Crippen molar-refractivity contribution in [3.63, 3.8) is 0 Å². The van der Waals surface area contributed by atoms with Crippen molar-refractivity contribution in [1.29, 1.82) is 5.26 Å². The number of ether oxygens (including phenoxy) is 1. The van der Waals surface area contributed by atoms with E-state index in [0.717, 1.165) is 40.9 Å². The molecule has 0 aliphatic heterocycles. The number of aliphatic hydroxyl groups excluding tert-OH is 1. The number of nitriles is 1. The van der Waals surface area contributed by atoms with Crippen LogP contribution in [0, 0.1) is 59.4 Å². The predicted octanol–water partition coefficient (Wildman–Crippen LogP) is 4.83. The number of amides is 1. The number of aromatic nitrogens is 3. The number of hydrogen-bond acceptors (Lipinski definition) is 11. The number of ketones is 2. The maximum Gasteiger partial charge on any atom is 0.306 e. The number of nitrogens with one attached hydrogen (secondary N) is 3. The van der Waals surface area contributed by atoms with E-state index in [1.54, 1.807) is 19.9 Å². The molecule has 0 saturated carbocycles. The average Bonchev–Trinajstić information content (AvgIpc) is 3.01. The van der Waals surface area contributed by atoms with Gasteiger partial charge in [0.15, 0.2) is 0 Å². The number of carbonyl (C=O) groups excluding carboxylic acids is 4. The number of aliphatic hydroxyl groups is 1. The first kappa shape index (κ1) is 64.2. The second kappa shape index (κ2) is 33.5. The van der Waals surface area contributed by atoms with E-state index in [1.165, 1.54) is 13.8 Å². The smallest absolute Gasteiger partial charge is 0.306 e. The molecule has 3 aromatic rings. The molecule has 0 aliphatic rings. The summed E-state index contributed by atoms with van der Waals surface area (Å²) < 4.78 is 5.21. The molecule has 0 saturated heterocycles. The van der Waals surface area contributed by atoms with E-state index >= 15 is 0 Å². The lowest BCUT2D eigenvalue weighted by Gasteiger charge is -2.19. The molecule has 16 nitrogen and oxygen atoms in total. The number of rotatable bonds is 7. The Bertz CT molecular complexity index is 1990. The summed E-state index contributed by atoms with van der Waals surface area (Å²) in [6.07, 6.45) is 0.723. The molecule has 0 radical (unpaired) electrons. The van der Waals surface area contributed by atoms with Gasteiger partial charge in [-0.05, 0) is 117 Å². The summed E-state index contributed by atoms with van der Waals surface area (Å²) in [4.78, 5) is 85.9. The van der Waals surface area contributed by atoms with Gasteiger partial charge in [-0.25, -0.2) is 6.57 Å². The maximum absolute atomic E-state index is 11.8. The number of aromatic amines is 3. The first-order valence-electron chi connectivity index (χ1n) is 16.8. The molecule has 0 bridgehead atoms. The first-order chi connectivity index (χ1) is 25.4. The molecule has 58 heavy (non-hydrogen) atoms. The van der Waals surface area contributed by atoms with E-state index in [2.05, 4.69) is 25.5 Å². The molecular weight excluding hydrogens is 770 g/mol. The minimum absolute atomic E-state index is 0. The Balaban J connectivity index is -0.000000149. The highest BCUT2D eigenvalue weighted by atomic mass is 35.5. The fraction of sp³-hybridized carbons (Fsp3) is 0.488. The number of halogens is 1. The number of primary amides is 1. The van der Waals surface area contributed by atoms with Gasteiger partial charge in [0, 0.05) is 48.3 Å². The molecule has 0 aromatic carbocycles. The molecular formula is C41H66ClN7O9. The zero-order valence-corrected chi connectivity index (χ0v) is 35.3. The van der Waals surface area contributed by atoms with Gasteiger partial charge in [-0.15, -0.1) is 12.4 Å². The van der Waals surface area contributed by atoms with Crippen LogP contribution in [0.4, 0.5) is 0 Å². The van der Waals surface area contributed by atoms with Crippen molar-refractivity contribution >= 4 is 35.9 Å². The molecule has 3 aromatic heterocycles. The van der Waals surface area contributed by atoms with Gasteiger partial charge < -0.3 is 41.1 Å². The Morgan fingerprint density at radius 2 is 1.17 bits per heavy atom. The largest absolute Gasteiger partial charge is 0.460 e. The summed E-state index contributed by atoms with van der Waals surface area (Å²) in [5, 5.41) is 15.5. The van der Waals surface area contributed by atoms with Gasteiger partial charge >= 0.3 is 5.97 Å². The Morgan fingerprint density at radius 1 is 0.793 bits per heavy atom. The van der Waals surface area contributed by atoms with E-state index in [-0.39, 0.29) is 86.4 Å². The van der Waals surface area contributed by atoms with Crippen LogP contribution in [0.5, 0.6) is 0 Å². The van der Waals surface area contributed by atoms with E-state index in [9.17, 15) is 33.6 Å². The highest BCUT2D eigenvalue weighted by Crippen LogP contribution is 2.11. The summed E-state index contributed by atoms with van der Waals surface area (Å²) in [5.74, 6) is -0.966. The van der Waals surface area contributed by atoms with Crippen LogP contribution in [-0.2, 0) is 36.9 Å². The molecule has 17 heteroatoms. The fourth-order valence-electron chi connectivity index (χ4n) is 4.37. The van der Waals surface area contributed by atoms with Gasteiger partial charge in [-0.2, -0.15) is 5.26 Å². The molecule has 326 valence electrons.